The molecule has 0 saturated heterocycles. The maximum Gasteiger partial charge on any atom is 0.265 e. The van der Waals surface area contributed by atoms with Crippen molar-refractivity contribution < 1.29 is 8.42 Å². The maximum atomic E-state index is 12.5. The molecule has 0 amide bonds. The van der Waals surface area contributed by atoms with E-state index in [1.807, 2.05) is 18.2 Å². The third-order valence-corrected chi connectivity index (χ3v) is 4.92. The molecule has 1 N–H and O–H groups in total. The SMILES string of the molecule is CC(C)c1ccc(NS(=O)(=O)c2cnn(-c3ccccn3)c2)cc1. The van der Waals surface area contributed by atoms with E-state index in [4.69, 9.17) is 0 Å². The molecule has 24 heavy (non-hydrogen) atoms. The summed E-state index contributed by atoms with van der Waals surface area (Å²) in [7, 11) is -3.69. The fourth-order valence-corrected chi connectivity index (χ4v) is 3.20. The molecule has 7 heteroatoms. The monoisotopic (exact) mass is 342 g/mol. The molecule has 0 atom stereocenters. The second-order valence-electron chi connectivity index (χ2n) is 5.69. The molecule has 0 fully saturated rings. The molecule has 124 valence electrons. The first-order chi connectivity index (χ1) is 11.5. The molecular formula is C17H18N4O2S. The lowest BCUT2D eigenvalue weighted by Crippen LogP contribution is -2.12. The summed E-state index contributed by atoms with van der Waals surface area (Å²) in [5.41, 5.74) is 1.67. The van der Waals surface area contributed by atoms with Gasteiger partial charge < -0.3 is 0 Å². The normalized spacial score (nSPS) is 11.6. The highest BCUT2D eigenvalue weighted by Crippen LogP contribution is 2.20. The fourth-order valence-electron chi connectivity index (χ4n) is 2.21. The number of sulfonamides is 1. The topological polar surface area (TPSA) is 76.9 Å². The zero-order valence-electron chi connectivity index (χ0n) is 13.4. The number of nitrogens with zero attached hydrogens (tertiary/aromatic N) is 3. The van der Waals surface area contributed by atoms with E-state index >= 15 is 0 Å². The van der Waals surface area contributed by atoms with Gasteiger partial charge >= 0.3 is 0 Å². The van der Waals surface area contributed by atoms with Crippen molar-refractivity contribution in [1.82, 2.24) is 14.8 Å². The summed E-state index contributed by atoms with van der Waals surface area (Å²) in [6.07, 6.45) is 4.37. The second kappa shape index (κ2) is 6.45. The number of benzene rings is 1. The Morgan fingerprint density at radius 2 is 1.83 bits per heavy atom. The lowest BCUT2D eigenvalue weighted by molar-refractivity contribution is 0.601. The first-order valence-electron chi connectivity index (χ1n) is 7.54. The van der Waals surface area contributed by atoms with Gasteiger partial charge in [0.2, 0.25) is 0 Å². The lowest BCUT2D eigenvalue weighted by Gasteiger charge is -2.09. The largest absolute Gasteiger partial charge is 0.280 e. The van der Waals surface area contributed by atoms with Gasteiger partial charge in [0.15, 0.2) is 5.82 Å². The van der Waals surface area contributed by atoms with Crippen LogP contribution in [0.1, 0.15) is 25.3 Å². The van der Waals surface area contributed by atoms with Crippen LogP contribution < -0.4 is 4.72 Å². The molecule has 0 aliphatic heterocycles. The number of aromatic nitrogens is 3. The highest BCUT2D eigenvalue weighted by atomic mass is 32.2. The average molecular weight is 342 g/mol. The molecule has 2 aromatic heterocycles. The Morgan fingerprint density at radius 1 is 1.08 bits per heavy atom. The summed E-state index contributed by atoms with van der Waals surface area (Å²) < 4.78 is 29.0. The molecule has 0 aliphatic rings. The van der Waals surface area contributed by atoms with E-state index in [-0.39, 0.29) is 4.90 Å². The van der Waals surface area contributed by atoms with Gasteiger partial charge in [-0.2, -0.15) is 5.10 Å². The predicted molar refractivity (Wildman–Crippen MR) is 92.7 cm³/mol. The molecule has 0 unspecified atom stereocenters. The Balaban J connectivity index is 1.82. The van der Waals surface area contributed by atoms with Crippen molar-refractivity contribution in [1.29, 1.82) is 0 Å². The molecule has 3 aromatic rings. The first kappa shape index (κ1) is 16.2. The van der Waals surface area contributed by atoms with Crippen molar-refractivity contribution in [2.24, 2.45) is 0 Å². The van der Waals surface area contributed by atoms with Crippen molar-refractivity contribution >= 4 is 15.7 Å². The van der Waals surface area contributed by atoms with Gasteiger partial charge in [0.1, 0.15) is 4.90 Å². The van der Waals surface area contributed by atoms with Gasteiger partial charge in [-0.15, -0.1) is 0 Å². The molecule has 2 heterocycles. The lowest BCUT2D eigenvalue weighted by atomic mass is 10.0. The number of rotatable bonds is 5. The van der Waals surface area contributed by atoms with Gasteiger partial charge in [0.05, 0.1) is 12.4 Å². The summed E-state index contributed by atoms with van der Waals surface area (Å²) in [5.74, 6) is 0.951. The number of pyridine rings is 1. The van der Waals surface area contributed by atoms with Gasteiger partial charge in [0.25, 0.3) is 10.0 Å². The summed E-state index contributed by atoms with van der Waals surface area (Å²) in [5, 5.41) is 4.07. The van der Waals surface area contributed by atoms with Crippen LogP contribution in [0.2, 0.25) is 0 Å². The fraction of sp³-hybridized carbons (Fsp3) is 0.176. The van der Waals surface area contributed by atoms with Crippen LogP contribution in [-0.4, -0.2) is 23.2 Å². The minimum Gasteiger partial charge on any atom is -0.280 e. The Labute approximate surface area is 141 Å². The minimum absolute atomic E-state index is 0.0843. The molecule has 6 nitrogen and oxygen atoms in total. The van der Waals surface area contributed by atoms with Crippen LogP contribution in [-0.2, 0) is 10.0 Å². The van der Waals surface area contributed by atoms with Crippen LogP contribution in [0.25, 0.3) is 5.82 Å². The quantitative estimate of drug-likeness (QED) is 0.772. The zero-order chi connectivity index (χ0) is 17.2. The van der Waals surface area contributed by atoms with E-state index in [0.717, 1.165) is 5.56 Å². The number of anilines is 1. The van der Waals surface area contributed by atoms with Crippen molar-refractivity contribution in [2.45, 2.75) is 24.7 Å². The van der Waals surface area contributed by atoms with Gasteiger partial charge in [0, 0.05) is 11.9 Å². The molecule has 0 aliphatic carbocycles. The molecular weight excluding hydrogens is 324 g/mol. The van der Waals surface area contributed by atoms with Crippen LogP contribution in [0.3, 0.4) is 0 Å². The first-order valence-corrected chi connectivity index (χ1v) is 9.03. The van der Waals surface area contributed by atoms with Crippen molar-refractivity contribution in [3.63, 3.8) is 0 Å². The van der Waals surface area contributed by atoms with Gasteiger partial charge in [-0.3, -0.25) is 4.72 Å². The number of hydrogen-bond donors (Lipinski definition) is 1. The van der Waals surface area contributed by atoms with Crippen LogP contribution in [0.15, 0.2) is 66.0 Å². The third kappa shape index (κ3) is 3.46. The number of nitrogens with one attached hydrogen (secondary N) is 1. The molecule has 1 aromatic carbocycles. The van der Waals surface area contributed by atoms with Gasteiger partial charge in [-0.25, -0.2) is 18.1 Å². The Kier molecular flexibility index (Phi) is 4.35. The Hall–Kier alpha value is -2.67. The van der Waals surface area contributed by atoms with E-state index in [9.17, 15) is 8.42 Å². The van der Waals surface area contributed by atoms with Crippen LogP contribution in [0.5, 0.6) is 0 Å². The highest BCUT2D eigenvalue weighted by Gasteiger charge is 2.17. The summed E-state index contributed by atoms with van der Waals surface area (Å²) in [6.45, 7) is 4.18. The maximum absolute atomic E-state index is 12.5. The van der Waals surface area contributed by atoms with E-state index in [2.05, 4.69) is 28.7 Å². The van der Waals surface area contributed by atoms with Gasteiger partial charge in [-0.05, 0) is 35.7 Å². The molecule has 0 radical (unpaired) electrons. The van der Waals surface area contributed by atoms with Crippen molar-refractivity contribution in [3.8, 4) is 5.82 Å². The number of hydrogen-bond acceptors (Lipinski definition) is 4. The third-order valence-electron chi connectivity index (χ3n) is 3.58. The van der Waals surface area contributed by atoms with E-state index in [1.54, 1.807) is 30.5 Å². The highest BCUT2D eigenvalue weighted by molar-refractivity contribution is 7.92. The van der Waals surface area contributed by atoms with Crippen LogP contribution in [0.4, 0.5) is 5.69 Å². The second-order valence-corrected chi connectivity index (χ2v) is 7.37. The smallest absolute Gasteiger partial charge is 0.265 e. The Bertz CT molecular complexity index is 917. The molecule has 3 rings (SSSR count). The summed E-state index contributed by atoms with van der Waals surface area (Å²) in [6, 6.07) is 12.7. The standard InChI is InChI=1S/C17H18N4O2S/c1-13(2)14-6-8-15(9-7-14)20-24(22,23)16-11-19-21(12-16)17-5-3-4-10-18-17/h3-13,20H,1-2H3. The van der Waals surface area contributed by atoms with Crippen molar-refractivity contribution in [3.05, 3.63) is 66.6 Å². The van der Waals surface area contributed by atoms with Crippen molar-refractivity contribution in [2.75, 3.05) is 4.72 Å². The minimum atomic E-state index is -3.69. The predicted octanol–water partition coefficient (Wildman–Crippen LogP) is 3.19. The molecule has 0 spiro atoms. The van der Waals surface area contributed by atoms with E-state index in [1.165, 1.54) is 17.1 Å². The molecule has 0 saturated carbocycles. The Morgan fingerprint density at radius 3 is 2.46 bits per heavy atom. The summed E-state index contributed by atoms with van der Waals surface area (Å²) >= 11 is 0. The van der Waals surface area contributed by atoms with Gasteiger partial charge in [-0.1, -0.05) is 32.0 Å². The average Bonchev–Trinajstić information content (AvgIpc) is 3.07. The van der Waals surface area contributed by atoms with E-state index in [0.29, 0.717) is 17.4 Å². The summed E-state index contributed by atoms with van der Waals surface area (Å²) in [4.78, 5) is 4.22. The molecule has 0 bridgehead atoms. The van der Waals surface area contributed by atoms with Crippen LogP contribution >= 0.6 is 0 Å². The van der Waals surface area contributed by atoms with Crippen LogP contribution in [0, 0.1) is 0 Å². The zero-order valence-corrected chi connectivity index (χ0v) is 14.2. The van der Waals surface area contributed by atoms with E-state index < -0.39 is 10.0 Å².